The van der Waals surface area contributed by atoms with Crippen LogP contribution in [0, 0.1) is 6.92 Å². The fourth-order valence-electron chi connectivity index (χ4n) is 3.52. The number of hydrogen-bond donors (Lipinski definition) is 2. The summed E-state index contributed by atoms with van der Waals surface area (Å²) in [5, 5.41) is 8.27. The lowest BCUT2D eigenvalue weighted by Gasteiger charge is -2.29. The van der Waals surface area contributed by atoms with E-state index >= 15 is 0 Å². The molecule has 0 radical (unpaired) electrons. The van der Waals surface area contributed by atoms with Crippen molar-refractivity contribution in [2.75, 3.05) is 18.5 Å². The van der Waals surface area contributed by atoms with Gasteiger partial charge in [-0.2, -0.15) is 0 Å². The number of aromatic nitrogens is 3. The lowest BCUT2D eigenvalue weighted by molar-refractivity contribution is -0.120. The zero-order valence-electron chi connectivity index (χ0n) is 16.4. The molecule has 4 rings (SSSR count). The van der Waals surface area contributed by atoms with E-state index in [1.807, 2.05) is 39.2 Å². The zero-order valence-corrected chi connectivity index (χ0v) is 16.4. The van der Waals surface area contributed by atoms with Crippen LogP contribution in [0.15, 0.2) is 36.7 Å². The molecule has 28 heavy (non-hydrogen) atoms. The van der Waals surface area contributed by atoms with Gasteiger partial charge in [0.1, 0.15) is 11.6 Å². The predicted octanol–water partition coefficient (Wildman–Crippen LogP) is 2.65. The van der Waals surface area contributed by atoms with E-state index in [9.17, 15) is 4.79 Å². The standard InChI is InChI=1S/C21H25N5O2/c1-13-19(28-7-6-22-13)10-21(27)25-20-9-17-8-15(4-5-16(17)11-24-20)18-12-23-14(2)26(18)3/h4-5,8-9,11-13,19,22H,6-7,10H2,1-3H3,(H,24,25,27). The van der Waals surface area contributed by atoms with Gasteiger partial charge in [0.15, 0.2) is 0 Å². The molecule has 7 heteroatoms. The Kier molecular flexibility index (Phi) is 5.11. The third-order valence-electron chi connectivity index (χ3n) is 5.35. The summed E-state index contributed by atoms with van der Waals surface area (Å²) in [6.45, 7) is 5.47. The van der Waals surface area contributed by atoms with E-state index < -0.39 is 0 Å². The Bertz CT molecular complexity index is 1010. The fourth-order valence-corrected chi connectivity index (χ4v) is 3.52. The number of anilines is 1. The van der Waals surface area contributed by atoms with Gasteiger partial charge in [-0.1, -0.05) is 12.1 Å². The highest BCUT2D eigenvalue weighted by Gasteiger charge is 2.24. The van der Waals surface area contributed by atoms with Gasteiger partial charge in [-0.3, -0.25) is 4.79 Å². The number of amides is 1. The van der Waals surface area contributed by atoms with Crippen molar-refractivity contribution in [2.45, 2.75) is 32.4 Å². The SMILES string of the molecule is Cc1ncc(-c2ccc3cnc(NC(=O)CC4OCCNC4C)cc3c2)n1C. The molecule has 0 bridgehead atoms. The van der Waals surface area contributed by atoms with Crippen LogP contribution < -0.4 is 10.6 Å². The molecular weight excluding hydrogens is 354 g/mol. The molecule has 1 aromatic carbocycles. The first-order valence-corrected chi connectivity index (χ1v) is 9.54. The molecule has 1 aliphatic rings. The number of benzene rings is 1. The van der Waals surface area contributed by atoms with E-state index in [-0.39, 0.29) is 18.1 Å². The summed E-state index contributed by atoms with van der Waals surface area (Å²) < 4.78 is 7.75. The Labute approximate surface area is 164 Å². The summed E-state index contributed by atoms with van der Waals surface area (Å²) in [4.78, 5) is 21.2. The number of nitrogens with zero attached hydrogens (tertiary/aromatic N) is 3. The topological polar surface area (TPSA) is 81.1 Å². The van der Waals surface area contributed by atoms with Gasteiger partial charge in [0, 0.05) is 36.8 Å². The van der Waals surface area contributed by atoms with Crippen molar-refractivity contribution in [1.82, 2.24) is 19.9 Å². The molecule has 2 unspecified atom stereocenters. The molecule has 1 aliphatic heterocycles. The molecule has 146 valence electrons. The highest BCUT2D eigenvalue weighted by molar-refractivity contribution is 5.94. The minimum Gasteiger partial charge on any atom is -0.375 e. The Morgan fingerprint density at radius 1 is 1.29 bits per heavy atom. The second-order valence-corrected chi connectivity index (χ2v) is 7.29. The normalized spacial score (nSPS) is 19.7. The molecule has 2 aromatic heterocycles. The van der Waals surface area contributed by atoms with Crippen LogP contribution in [0.2, 0.25) is 0 Å². The van der Waals surface area contributed by atoms with Gasteiger partial charge in [0.25, 0.3) is 0 Å². The van der Waals surface area contributed by atoms with Gasteiger partial charge in [-0.05, 0) is 31.4 Å². The summed E-state index contributed by atoms with van der Waals surface area (Å²) in [7, 11) is 2.00. The molecule has 1 fully saturated rings. The minimum absolute atomic E-state index is 0.0918. The predicted molar refractivity (Wildman–Crippen MR) is 109 cm³/mol. The first-order valence-electron chi connectivity index (χ1n) is 9.54. The van der Waals surface area contributed by atoms with Gasteiger partial charge in [-0.25, -0.2) is 9.97 Å². The fraction of sp³-hybridized carbons (Fsp3) is 0.381. The van der Waals surface area contributed by atoms with Crippen LogP contribution in [0.4, 0.5) is 5.82 Å². The minimum atomic E-state index is -0.117. The molecule has 3 heterocycles. The number of rotatable bonds is 4. The number of nitrogens with one attached hydrogen (secondary N) is 2. The van der Waals surface area contributed by atoms with Crippen molar-refractivity contribution in [3.63, 3.8) is 0 Å². The maximum atomic E-state index is 12.4. The van der Waals surface area contributed by atoms with Crippen LogP contribution in [0.1, 0.15) is 19.2 Å². The van der Waals surface area contributed by atoms with E-state index in [2.05, 4.69) is 37.3 Å². The van der Waals surface area contributed by atoms with Gasteiger partial charge < -0.3 is 19.9 Å². The molecule has 0 aliphatic carbocycles. The molecule has 7 nitrogen and oxygen atoms in total. The van der Waals surface area contributed by atoms with Crippen molar-refractivity contribution < 1.29 is 9.53 Å². The second-order valence-electron chi connectivity index (χ2n) is 7.29. The van der Waals surface area contributed by atoms with E-state index in [4.69, 9.17) is 4.74 Å². The maximum Gasteiger partial charge on any atom is 0.228 e. The first-order chi connectivity index (χ1) is 13.5. The molecule has 2 N–H and O–H groups in total. The molecule has 3 aromatic rings. The average Bonchev–Trinajstić information content (AvgIpc) is 3.02. The Morgan fingerprint density at radius 2 is 2.14 bits per heavy atom. The van der Waals surface area contributed by atoms with Crippen molar-refractivity contribution in [1.29, 1.82) is 0 Å². The summed E-state index contributed by atoms with van der Waals surface area (Å²) >= 11 is 0. The molecule has 2 atom stereocenters. The summed E-state index contributed by atoms with van der Waals surface area (Å²) in [5.41, 5.74) is 2.13. The number of pyridine rings is 1. The van der Waals surface area contributed by atoms with Crippen LogP contribution in [0.3, 0.4) is 0 Å². The Morgan fingerprint density at radius 3 is 2.89 bits per heavy atom. The summed E-state index contributed by atoms with van der Waals surface area (Å²) in [5.74, 6) is 1.42. The molecule has 0 spiro atoms. The average molecular weight is 379 g/mol. The van der Waals surface area contributed by atoms with Crippen molar-refractivity contribution >= 4 is 22.5 Å². The third kappa shape index (κ3) is 3.76. The van der Waals surface area contributed by atoms with Gasteiger partial charge in [-0.15, -0.1) is 0 Å². The second kappa shape index (κ2) is 7.69. The number of ether oxygens (including phenoxy) is 1. The monoisotopic (exact) mass is 379 g/mol. The van der Waals surface area contributed by atoms with Crippen molar-refractivity contribution in [3.8, 4) is 11.3 Å². The van der Waals surface area contributed by atoms with Crippen LogP contribution >= 0.6 is 0 Å². The molecule has 1 amide bonds. The summed E-state index contributed by atoms with van der Waals surface area (Å²) in [6.07, 6.45) is 3.85. The number of hydrogen-bond acceptors (Lipinski definition) is 5. The Hall–Kier alpha value is -2.77. The number of carbonyl (C=O) groups is 1. The quantitative estimate of drug-likeness (QED) is 0.728. The van der Waals surface area contributed by atoms with Crippen LogP contribution in [0.5, 0.6) is 0 Å². The van der Waals surface area contributed by atoms with E-state index in [0.717, 1.165) is 34.4 Å². The van der Waals surface area contributed by atoms with Crippen molar-refractivity contribution in [3.05, 3.63) is 42.5 Å². The van der Waals surface area contributed by atoms with Gasteiger partial charge in [0.05, 0.1) is 31.0 Å². The van der Waals surface area contributed by atoms with Crippen LogP contribution in [-0.4, -0.2) is 45.7 Å². The largest absolute Gasteiger partial charge is 0.375 e. The highest BCUT2D eigenvalue weighted by atomic mass is 16.5. The molecule has 0 saturated carbocycles. The lowest BCUT2D eigenvalue weighted by atomic mass is 10.1. The smallest absolute Gasteiger partial charge is 0.228 e. The van der Waals surface area contributed by atoms with Gasteiger partial charge >= 0.3 is 0 Å². The lowest BCUT2D eigenvalue weighted by Crippen LogP contribution is -2.47. The number of carbonyl (C=O) groups excluding carboxylic acids is 1. The van der Waals surface area contributed by atoms with Crippen LogP contribution in [0.25, 0.3) is 22.0 Å². The van der Waals surface area contributed by atoms with E-state index in [1.165, 1.54) is 0 Å². The highest BCUT2D eigenvalue weighted by Crippen LogP contribution is 2.26. The number of fused-ring (bicyclic) bond motifs is 1. The maximum absolute atomic E-state index is 12.4. The molecular formula is C21H25N5O2. The number of imidazole rings is 1. The molecule has 1 saturated heterocycles. The zero-order chi connectivity index (χ0) is 19.7. The first kappa shape index (κ1) is 18.6. The van der Waals surface area contributed by atoms with Crippen molar-refractivity contribution in [2.24, 2.45) is 7.05 Å². The number of morpholine rings is 1. The Balaban J connectivity index is 1.53. The van der Waals surface area contributed by atoms with Gasteiger partial charge in [0.2, 0.25) is 5.91 Å². The summed E-state index contributed by atoms with van der Waals surface area (Å²) in [6, 6.07) is 8.26. The van der Waals surface area contributed by atoms with E-state index in [0.29, 0.717) is 18.8 Å². The third-order valence-corrected chi connectivity index (χ3v) is 5.35. The van der Waals surface area contributed by atoms with E-state index in [1.54, 1.807) is 6.20 Å². The number of aryl methyl sites for hydroxylation is 1. The van der Waals surface area contributed by atoms with Crippen LogP contribution in [-0.2, 0) is 16.6 Å².